The zero-order valence-electron chi connectivity index (χ0n) is 24.2. The largest absolute Gasteiger partial charge is 0.492 e. The Kier molecular flexibility index (Phi) is 9.19. The van der Waals surface area contributed by atoms with Gasteiger partial charge >= 0.3 is 12.1 Å². The molecule has 11 heteroatoms. The van der Waals surface area contributed by atoms with Crippen LogP contribution in [0.3, 0.4) is 0 Å². The van der Waals surface area contributed by atoms with Gasteiger partial charge in [0, 0.05) is 29.8 Å². The van der Waals surface area contributed by atoms with Gasteiger partial charge in [-0.3, -0.25) is 4.79 Å². The molecule has 5 aromatic rings. The first-order valence-corrected chi connectivity index (χ1v) is 14.1. The minimum atomic E-state index is -4.53. The van der Waals surface area contributed by atoms with Crippen molar-refractivity contribution in [1.29, 1.82) is 0 Å². The third-order valence-corrected chi connectivity index (χ3v) is 7.17. The van der Waals surface area contributed by atoms with Gasteiger partial charge < -0.3 is 24.9 Å². The molecular formula is C34H30F3N3O5. The maximum atomic E-state index is 13.2. The van der Waals surface area contributed by atoms with E-state index < -0.39 is 29.0 Å². The monoisotopic (exact) mass is 617 g/mol. The fourth-order valence-corrected chi connectivity index (χ4v) is 4.77. The average molecular weight is 618 g/mol. The summed E-state index contributed by atoms with van der Waals surface area (Å²) in [5.74, 6) is -0.490. The molecule has 0 fully saturated rings. The van der Waals surface area contributed by atoms with Gasteiger partial charge in [0.15, 0.2) is 11.4 Å². The number of benzene rings is 4. The number of carboxylic acids is 1. The van der Waals surface area contributed by atoms with Gasteiger partial charge in [-0.05, 0) is 61.0 Å². The molecule has 232 valence electrons. The number of anilines is 1. The van der Waals surface area contributed by atoms with Crippen LogP contribution in [0.15, 0.2) is 101 Å². The van der Waals surface area contributed by atoms with Gasteiger partial charge in [0.25, 0.3) is 0 Å². The lowest BCUT2D eigenvalue weighted by Crippen LogP contribution is -2.45. The number of hydrogen-bond donors (Lipinski definition) is 3. The number of carboxylic acid groups (broad SMARTS) is 1. The van der Waals surface area contributed by atoms with Crippen molar-refractivity contribution in [1.82, 2.24) is 10.3 Å². The van der Waals surface area contributed by atoms with Crippen LogP contribution in [0.1, 0.15) is 39.9 Å². The number of aromatic nitrogens is 1. The van der Waals surface area contributed by atoms with Gasteiger partial charge in [-0.15, -0.1) is 0 Å². The molecule has 1 unspecified atom stereocenters. The highest BCUT2D eigenvalue weighted by Crippen LogP contribution is 2.31. The summed E-state index contributed by atoms with van der Waals surface area (Å²) in [6.45, 7) is 2.89. The number of ketones is 1. The second kappa shape index (κ2) is 13.2. The molecule has 0 aliphatic rings. The minimum Gasteiger partial charge on any atom is -0.492 e. The van der Waals surface area contributed by atoms with E-state index in [2.05, 4.69) is 15.6 Å². The van der Waals surface area contributed by atoms with Crippen LogP contribution in [0, 0.1) is 0 Å². The summed E-state index contributed by atoms with van der Waals surface area (Å²) in [7, 11) is 0. The van der Waals surface area contributed by atoms with Crippen LogP contribution >= 0.6 is 0 Å². The number of ether oxygens (including phenoxy) is 1. The molecule has 1 atom stereocenters. The third-order valence-electron chi connectivity index (χ3n) is 7.17. The van der Waals surface area contributed by atoms with Crippen molar-refractivity contribution in [2.24, 2.45) is 0 Å². The SMILES string of the molecule is CC(Cc1ccc(OCCNCc2nc3ccccc3o2)cc1)(Nc1ccccc1C(=O)c1ccc(C(F)(F)F)cc1)C(=O)O. The normalized spacial score (nSPS) is 12.9. The van der Waals surface area contributed by atoms with E-state index in [9.17, 15) is 27.9 Å². The van der Waals surface area contributed by atoms with Gasteiger partial charge in [-0.2, -0.15) is 13.2 Å². The number of nitrogens with one attached hydrogen (secondary N) is 2. The molecule has 1 aromatic heterocycles. The van der Waals surface area contributed by atoms with Crippen molar-refractivity contribution in [3.8, 4) is 5.75 Å². The van der Waals surface area contributed by atoms with Gasteiger partial charge in [-0.1, -0.05) is 48.5 Å². The van der Waals surface area contributed by atoms with Crippen LogP contribution < -0.4 is 15.4 Å². The number of carbonyl (C=O) groups excluding carboxylic acids is 1. The Bertz CT molecular complexity index is 1750. The summed E-state index contributed by atoms with van der Waals surface area (Å²) in [5.41, 5.74) is 0.287. The lowest BCUT2D eigenvalue weighted by Gasteiger charge is -2.29. The third kappa shape index (κ3) is 7.68. The second-order valence-electron chi connectivity index (χ2n) is 10.6. The fourth-order valence-electron chi connectivity index (χ4n) is 4.77. The van der Waals surface area contributed by atoms with Gasteiger partial charge in [0.1, 0.15) is 23.4 Å². The molecule has 0 bridgehead atoms. The number of nitrogens with zero attached hydrogens (tertiary/aromatic N) is 1. The summed E-state index contributed by atoms with van der Waals surface area (Å²) in [6, 6.07) is 24.8. The molecule has 0 saturated carbocycles. The van der Waals surface area contributed by atoms with Crippen molar-refractivity contribution in [3.05, 3.63) is 125 Å². The van der Waals surface area contributed by atoms with E-state index in [1.807, 2.05) is 24.3 Å². The number of hydrogen-bond acceptors (Lipinski definition) is 7. The number of fused-ring (bicyclic) bond motifs is 1. The number of aliphatic carboxylic acids is 1. The van der Waals surface area contributed by atoms with E-state index >= 15 is 0 Å². The molecule has 8 nitrogen and oxygen atoms in total. The minimum absolute atomic E-state index is 0.0475. The van der Waals surface area contributed by atoms with Gasteiger partial charge in [0.2, 0.25) is 5.89 Å². The molecule has 1 heterocycles. The Labute approximate surface area is 256 Å². The zero-order valence-corrected chi connectivity index (χ0v) is 24.2. The fraction of sp³-hybridized carbons (Fsp3) is 0.206. The van der Waals surface area contributed by atoms with Crippen LogP contribution in [-0.4, -0.2) is 40.5 Å². The van der Waals surface area contributed by atoms with Crippen molar-refractivity contribution in [2.45, 2.75) is 31.6 Å². The highest BCUT2D eigenvalue weighted by molar-refractivity contribution is 6.12. The Balaban J connectivity index is 1.18. The Morgan fingerprint density at radius 2 is 1.60 bits per heavy atom. The first kappa shape index (κ1) is 31.3. The number of carbonyl (C=O) groups is 2. The van der Waals surface area contributed by atoms with E-state index in [0.717, 1.165) is 35.4 Å². The highest BCUT2D eigenvalue weighted by Gasteiger charge is 2.35. The van der Waals surface area contributed by atoms with Crippen molar-refractivity contribution < 1.29 is 37.0 Å². The molecule has 0 radical (unpaired) electrons. The molecule has 0 amide bonds. The Hall–Kier alpha value is -5.16. The molecule has 0 aliphatic heterocycles. The summed E-state index contributed by atoms with van der Waals surface area (Å²) >= 11 is 0. The second-order valence-corrected chi connectivity index (χ2v) is 10.6. The van der Waals surface area contributed by atoms with Crippen molar-refractivity contribution in [2.75, 3.05) is 18.5 Å². The zero-order chi connectivity index (χ0) is 32.0. The molecule has 45 heavy (non-hydrogen) atoms. The predicted octanol–water partition coefficient (Wildman–Crippen LogP) is 6.74. The highest BCUT2D eigenvalue weighted by atomic mass is 19.4. The molecule has 0 spiro atoms. The number of halogens is 3. The maximum Gasteiger partial charge on any atom is 0.416 e. The maximum absolute atomic E-state index is 13.2. The van der Waals surface area contributed by atoms with E-state index in [4.69, 9.17) is 9.15 Å². The lowest BCUT2D eigenvalue weighted by molar-refractivity contribution is -0.141. The van der Waals surface area contributed by atoms with E-state index in [1.54, 1.807) is 42.5 Å². The Morgan fingerprint density at radius 1 is 0.911 bits per heavy atom. The molecule has 3 N–H and O–H groups in total. The average Bonchev–Trinajstić information content (AvgIpc) is 3.44. The van der Waals surface area contributed by atoms with Crippen LogP contribution in [-0.2, 0) is 23.9 Å². The summed E-state index contributed by atoms with van der Waals surface area (Å²) in [5, 5.41) is 16.4. The smallest absolute Gasteiger partial charge is 0.416 e. The van der Waals surface area contributed by atoms with E-state index in [0.29, 0.717) is 36.9 Å². The quantitative estimate of drug-likeness (QED) is 0.0983. The van der Waals surface area contributed by atoms with Crippen LogP contribution in [0.4, 0.5) is 18.9 Å². The van der Waals surface area contributed by atoms with Crippen LogP contribution in [0.5, 0.6) is 5.75 Å². The van der Waals surface area contributed by atoms with Gasteiger partial charge in [-0.25, -0.2) is 9.78 Å². The predicted molar refractivity (Wildman–Crippen MR) is 162 cm³/mol. The van der Waals surface area contributed by atoms with Crippen LogP contribution in [0.25, 0.3) is 11.1 Å². The summed E-state index contributed by atoms with van der Waals surface area (Å²) in [4.78, 5) is 30.1. The molecule has 0 aliphatic carbocycles. The number of oxazole rings is 1. The standard InChI is InChI=1S/C34H30F3N3O5/c1-33(32(42)43,40-27-7-3-2-6-26(27)31(41)23-12-14-24(15-13-23)34(35,36)37)20-22-10-16-25(17-11-22)44-19-18-38-21-30-39-28-8-4-5-9-29(28)45-30/h2-17,38,40H,18-21H2,1H3,(H,42,43). The number of alkyl halides is 3. The Morgan fingerprint density at radius 3 is 2.29 bits per heavy atom. The van der Waals surface area contributed by atoms with E-state index in [1.165, 1.54) is 13.0 Å². The first-order chi connectivity index (χ1) is 21.5. The molecule has 4 aromatic carbocycles. The van der Waals surface area contributed by atoms with Crippen LogP contribution in [0.2, 0.25) is 0 Å². The molecule has 5 rings (SSSR count). The number of rotatable bonds is 13. The summed E-state index contributed by atoms with van der Waals surface area (Å²) < 4.78 is 50.4. The number of para-hydroxylation sites is 3. The lowest BCUT2D eigenvalue weighted by atomic mass is 9.91. The molecular weight excluding hydrogens is 587 g/mol. The molecule has 0 saturated heterocycles. The van der Waals surface area contributed by atoms with Crippen molar-refractivity contribution in [3.63, 3.8) is 0 Å². The summed E-state index contributed by atoms with van der Waals surface area (Å²) in [6.07, 6.45) is -4.46. The van der Waals surface area contributed by atoms with E-state index in [-0.39, 0.29) is 23.2 Å². The van der Waals surface area contributed by atoms with Crippen molar-refractivity contribution >= 4 is 28.5 Å². The first-order valence-electron chi connectivity index (χ1n) is 14.1. The topological polar surface area (TPSA) is 114 Å². The van der Waals surface area contributed by atoms with Gasteiger partial charge in [0.05, 0.1) is 12.1 Å².